The Labute approximate surface area is 107 Å². The van der Waals surface area contributed by atoms with E-state index in [0.717, 1.165) is 0 Å². The number of ether oxygens (including phenoxy) is 1. The van der Waals surface area contributed by atoms with E-state index in [4.69, 9.17) is 10.5 Å². The number of aromatic nitrogens is 3. The topological polar surface area (TPSA) is 66.0 Å². The molecule has 8 heteroatoms. The number of aryl methyl sites for hydroxylation is 1. The van der Waals surface area contributed by atoms with Gasteiger partial charge in [0.1, 0.15) is 11.4 Å². The molecule has 0 amide bonds. The molecule has 2 atom stereocenters. The van der Waals surface area contributed by atoms with Crippen molar-refractivity contribution in [2.24, 2.45) is 11.7 Å². The molecule has 5 nitrogen and oxygen atoms in total. The van der Waals surface area contributed by atoms with Crippen molar-refractivity contribution >= 4 is 0 Å². The van der Waals surface area contributed by atoms with Crippen LogP contribution in [0.5, 0.6) is 0 Å². The summed E-state index contributed by atoms with van der Waals surface area (Å²) >= 11 is 0. The third kappa shape index (κ3) is 2.12. The Hall–Kier alpha value is -1.15. The lowest BCUT2D eigenvalue weighted by Crippen LogP contribution is -2.42. The second-order valence-electron chi connectivity index (χ2n) is 5.29. The monoisotopic (exact) mass is 276 g/mol. The van der Waals surface area contributed by atoms with Crippen molar-refractivity contribution in [1.29, 1.82) is 0 Å². The number of hydrogen-bond acceptors (Lipinski definition) is 4. The number of alkyl halides is 3. The standard InChI is InChI=1S/C11H15F3N4O/c12-11(13,14)7-1-2-8-16-17-9(18(8)5-7)10(15)3-4-19-6-10/h7H,1-6,15H2. The lowest BCUT2D eigenvalue weighted by molar-refractivity contribution is -0.182. The molecule has 0 aromatic carbocycles. The Morgan fingerprint density at radius 3 is 2.79 bits per heavy atom. The Balaban J connectivity index is 1.93. The van der Waals surface area contributed by atoms with E-state index < -0.39 is 17.6 Å². The molecule has 1 saturated heterocycles. The molecule has 0 bridgehead atoms. The van der Waals surface area contributed by atoms with Crippen LogP contribution in [-0.4, -0.2) is 34.2 Å². The predicted molar refractivity (Wildman–Crippen MR) is 59.2 cm³/mol. The SMILES string of the molecule is NC1(c2nnc3n2CC(C(F)(F)F)CC3)CCOC1. The highest BCUT2D eigenvalue weighted by atomic mass is 19.4. The minimum atomic E-state index is -4.19. The Morgan fingerprint density at radius 1 is 1.37 bits per heavy atom. The van der Waals surface area contributed by atoms with E-state index in [1.54, 1.807) is 0 Å². The van der Waals surface area contributed by atoms with E-state index >= 15 is 0 Å². The summed E-state index contributed by atoms with van der Waals surface area (Å²) in [6.07, 6.45) is -3.28. The molecule has 106 valence electrons. The minimum Gasteiger partial charge on any atom is -0.379 e. The molecule has 0 spiro atoms. The largest absolute Gasteiger partial charge is 0.393 e. The maximum Gasteiger partial charge on any atom is 0.393 e. The highest BCUT2D eigenvalue weighted by molar-refractivity contribution is 5.12. The van der Waals surface area contributed by atoms with E-state index in [0.29, 0.717) is 24.7 Å². The van der Waals surface area contributed by atoms with Crippen molar-refractivity contribution in [2.75, 3.05) is 13.2 Å². The number of rotatable bonds is 1. The van der Waals surface area contributed by atoms with Crippen molar-refractivity contribution in [2.45, 2.75) is 37.5 Å². The van der Waals surface area contributed by atoms with Crippen LogP contribution in [0.1, 0.15) is 24.5 Å². The maximum absolute atomic E-state index is 12.8. The van der Waals surface area contributed by atoms with Gasteiger partial charge in [0, 0.05) is 19.6 Å². The van der Waals surface area contributed by atoms with Crippen molar-refractivity contribution in [1.82, 2.24) is 14.8 Å². The van der Waals surface area contributed by atoms with Gasteiger partial charge in [-0.1, -0.05) is 0 Å². The van der Waals surface area contributed by atoms with Gasteiger partial charge in [-0.2, -0.15) is 13.2 Å². The number of nitrogens with zero attached hydrogens (tertiary/aromatic N) is 3. The fourth-order valence-electron chi connectivity index (χ4n) is 2.72. The second kappa shape index (κ2) is 4.17. The van der Waals surface area contributed by atoms with Crippen LogP contribution < -0.4 is 5.73 Å². The van der Waals surface area contributed by atoms with E-state index in [1.165, 1.54) is 4.57 Å². The molecule has 1 fully saturated rings. The molecule has 3 heterocycles. The fraction of sp³-hybridized carbons (Fsp3) is 0.818. The third-order valence-corrected chi connectivity index (χ3v) is 3.91. The van der Waals surface area contributed by atoms with Crippen LogP contribution in [0.15, 0.2) is 0 Å². The Kier molecular flexibility index (Phi) is 2.82. The molecule has 2 unspecified atom stereocenters. The molecule has 0 saturated carbocycles. The van der Waals surface area contributed by atoms with Gasteiger partial charge in [-0.15, -0.1) is 10.2 Å². The van der Waals surface area contributed by atoms with Crippen molar-refractivity contribution in [3.05, 3.63) is 11.6 Å². The zero-order chi connectivity index (χ0) is 13.7. The number of halogens is 3. The molecule has 0 radical (unpaired) electrons. The van der Waals surface area contributed by atoms with Crippen LogP contribution in [0.3, 0.4) is 0 Å². The van der Waals surface area contributed by atoms with Gasteiger partial charge < -0.3 is 15.0 Å². The summed E-state index contributed by atoms with van der Waals surface area (Å²) in [4.78, 5) is 0. The first-order valence-corrected chi connectivity index (χ1v) is 6.26. The molecular weight excluding hydrogens is 261 g/mol. The third-order valence-electron chi connectivity index (χ3n) is 3.91. The van der Waals surface area contributed by atoms with Crippen LogP contribution in [0.25, 0.3) is 0 Å². The summed E-state index contributed by atoms with van der Waals surface area (Å²) in [6.45, 7) is 0.642. The van der Waals surface area contributed by atoms with Gasteiger partial charge in [0.2, 0.25) is 0 Å². The Morgan fingerprint density at radius 2 is 2.16 bits per heavy atom. The van der Waals surface area contributed by atoms with Crippen LogP contribution in [0, 0.1) is 5.92 Å². The summed E-state index contributed by atoms with van der Waals surface area (Å²) in [7, 11) is 0. The molecular formula is C11H15F3N4O. The average molecular weight is 276 g/mol. The molecule has 19 heavy (non-hydrogen) atoms. The average Bonchev–Trinajstić information content (AvgIpc) is 2.93. The molecule has 2 aliphatic rings. The minimum absolute atomic E-state index is 0.0652. The highest BCUT2D eigenvalue weighted by Gasteiger charge is 2.45. The van der Waals surface area contributed by atoms with E-state index in [-0.39, 0.29) is 26.0 Å². The summed E-state index contributed by atoms with van der Waals surface area (Å²) < 4.78 is 45.3. The summed E-state index contributed by atoms with van der Waals surface area (Å²) in [5.74, 6) is -0.332. The van der Waals surface area contributed by atoms with Crippen molar-refractivity contribution in [3.8, 4) is 0 Å². The molecule has 1 aromatic heterocycles. The number of nitrogens with two attached hydrogens (primary N) is 1. The zero-order valence-corrected chi connectivity index (χ0v) is 10.3. The lowest BCUT2D eigenvalue weighted by Gasteiger charge is -2.29. The molecule has 3 rings (SSSR count). The first-order chi connectivity index (χ1) is 8.90. The maximum atomic E-state index is 12.8. The van der Waals surface area contributed by atoms with Gasteiger partial charge in [-0.05, 0) is 12.8 Å². The fourth-order valence-corrected chi connectivity index (χ4v) is 2.72. The smallest absolute Gasteiger partial charge is 0.379 e. The van der Waals surface area contributed by atoms with Crippen LogP contribution >= 0.6 is 0 Å². The summed E-state index contributed by atoms with van der Waals surface area (Å²) in [5.41, 5.74) is 5.37. The molecule has 1 aromatic rings. The van der Waals surface area contributed by atoms with Gasteiger partial charge >= 0.3 is 6.18 Å². The van der Waals surface area contributed by atoms with Gasteiger partial charge in [-0.25, -0.2) is 0 Å². The normalized spacial score (nSPS) is 31.5. The molecule has 2 aliphatic heterocycles. The highest BCUT2D eigenvalue weighted by Crippen LogP contribution is 2.36. The number of hydrogen-bond donors (Lipinski definition) is 1. The second-order valence-corrected chi connectivity index (χ2v) is 5.29. The quantitative estimate of drug-likeness (QED) is 0.830. The Bertz CT molecular complexity index is 479. The molecule has 0 aliphatic carbocycles. The van der Waals surface area contributed by atoms with E-state index in [2.05, 4.69) is 10.2 Å². The van der Waals surface area contributed by atoms with Gasteiger partial charge in [0.15, 0.2) is 5.82 Å². The van der Waals surface area contributed by atoms with Crippen LogP contribution in [-0.2, 0) is 23.2 Å². The van der Waals surface area contributed by atoms with Crippen LogP contribution in [0.4, 0.5) is 13.2 Å². The van der Waals surface area contributed by atoms with Crippen molar-refractivity contribution < 1.29 is 17.9 Å². The number of fused-ring (bicyclic) bond motifs is 1. The van der Waals surface area contributed by atoms with Crippen LogP contribution in [0.2, 0.25) is 0 Å². The summed E-state index contributed by atoms with van der Waals surface area (Å²) in [6, 6.07) is 0. The van der Waals surface area contributed by atoms with Gasteiger partial charge in [0.05, 0.1) is 12.5 Å². The van der Waals surface area contributed by atoms with E-state index in [9.17, 15) is 13.2 Å². The summed E-state index contributed by atoms with van der Waals surface area (Å²) in [5, 5.41) is 7.98. The van der Waals surface area contributed by atoms with Gasteiger partial charge in [0.25, 0.3) is 0 Å². The van der Waals surface area contributed by atoms with Crippen molar-refractivity contribution in [3.63, 3.8) is 0 Å². The predicted octanol–water partition coefficient (Wildman–Crippen LogP) is 0.977. The molecule has 2 N–H and O–H groups in total. The first-order valence-electron chi connectivity index (χ1n) is 6.26. The lowest BCUT2D eigenvalue weighted by atomic mass is 9.95. The zero-order valence-electron chi connectivity index (χ0n) is 10.3. The van der Waals surface area contributed by atoms with E-state index in [1.807, 2.05) is 0 Å². The van der Waals surface area contributed by atoms with Gasteiger partial charge in [-0.3, -0.25) is 0 Å². The first kappa shape index (κ1) is 12.9.